The van der Waals surface area contributed by atoms with Gasteiger partial charge in [0.1, 0.15) is 11.5 Å². The van der Waals surface area contributed by atoms with Crippen molar-refractivity contribution in [3.63, 3.8) is 0 Å². The summed E-state index contributed by atoms with van der Waals surface area (Å²) < 4.78 is 18.9. The van der Waals surface area contributed by atoms with Gasteiger partial charge in [-0.3, -0.25) is 4.79 Å². The zero-order valence-electron chi connectivity index (χ0n) is 16.8. The van der Waals surface area contributed by atoms with E-state index in [4.69, 9.17) is 14.2 Å². The van der Waals surface area contributed by atoms with Crippen molar-refractivity contribution in [2.45, 2.75) is 76.8 Å². The van der Waals surface area contributed by atoms with Gasteiger partial charge in [0.2, 0.25) is 5.79 Å². The fourth-order valence-corrected chi connectivity index (χ4v) is 8.72. The Morgan fingerprint density at radius 3 is 2.68 bits per heavy atom. The average molecular weight is 390 g/mol. The van der Waals surface area contributed by atoms with E-state index in [2.05, 4.69) is 20.4 Å². The van der Waals surface area contributed by atoms with Gasteiger partial charge in [-0.05, 0) is 49.5 Å². The number of hydrogen-bond acceptors (Lipinski definition) is 6. The third kappa shape index (κ3) is 1.50. The first-order valence-electron chi connectivity index (χ1n) is 10.7. The molecule has 3 heterocycles. The van der Waals surface area contributed by atoms with E-state index in [1.54, 1.807) is 0 Å². The van der Waals surface area contributed by atoms with E-state index in [0.29, 0.717) is 18.6 Å². The molecule has 3 saturated heterocycles. The molecule has 3 spiro atoms. The molecule has 154 valence electrons. The average Bonchev–Trinajstić information content (AvgIpc) is 2.76. The summed E-state index contributed by atoms with van der Waals surface area (Å²) in [5.41, 5.74) is -1.39. The van der Waals surface area contributed by atoms with Crippen molar-refractivity contribution >= 4 is 5.78 Å². The summed E-state index contributed by atoms with van der Waals surface area (Å²) in [4.78, 5) is 13.8. The second-order valence-corrected chi connectivity index (χ2v) is 10.7. The molecule has 28 heavy (non-hydrogen) atoms. The Labute approximate surface area is 165 Å². The number of fused-ring (bicyclic) bond motifs is 1. The van der Waals surface area contributed by atoms with E-state index in [1.165, 1.54) is 0 Å². The standard InChI is InChI=1S/C22H30O6/c1-10-12-5-6-13-20-9-26-22(17(25)15(20)19(3,4)8-7-14(20)23)21(13,16(10)24)18(12)27-11(2)28-22/h11-15,17-18,23,25H,1,5-9H2,2-4H3. The van der Waals surface area contributed by atoms with Crippen LogP contribution in [0.5, 0.6) is 0 Å². The van der Waals surface area contributed by atoms with Crippen LogP contribution in [0.1, 0.15) is 46.5 Å². The van der Waals surface area contributed by atoms with Crippen molar-refractivity contribution in [1.29, 1.82) is 0 Å². The lowest BCUT2D eigenvalue weighted by molar-refractivity contribution is -0.516. The third-order valence-electron chi connectivity index (χ3n) is 9.50. The minimum absolute atomic E-state index is 0.0641. The van der Waals surface area contributed by atoms with Crippen LogP contribution in [0.4, 0.5) is 0 Å². The van der Waals surface area contributed by atoms with Crippen molar-refractivity contribution in [1.82, 2.24) is 0 Å². The summed E-state index contributed by atoms with van der Waals surface area (Å²) in [5, 5.41) is 23.2. The Kier molecular flexibility index (Phi) is 3.16. The van der Waals surface area contributed by atoms with Gasteiger partial charge in [0.25, 0.3) is 0 Å². The minimum Gasteiger partial charge on any atom is -0.392 e. The van der Waals surface area contributed by atoms with Crippen LogP contribution in [-0.2, 0) is 19.0 Å². The Hall–Kier alpha value is -0.790. The van der Waals surface area contributed by atoms with Crippen LogP contribution in [0.3, 0.4) is 0 Å². The van der Waals surface area contributed by atoms with Crippen LogP contribution >= 0.6 is 0 Å². The molecule has 6 heteroatoms. The first-order valence-corrected chi connectivity index (χ1v) is 10.7. The van der Waals surface area contributed by atoms with Crippen LogP contribution in [0, 0.1) is 34.0 Å². The summed E-state index contributed by atoms with van der Waals surface area (Å²) in [7, 11) is 0. The molecule has 10 unspecified atom stereocenters. The molecular weight excluding hydrogens is 360 g/mol. The van der Waals surface area contributed by atoms with Gasteiger partial charge in [0, 0.05) is 17.3 Å². The molecule has 6 nitrogen and oxygen atoms in total. The molecule has 0 radical (unpaired) electrons. The molecule has 2 N–H and O–H groups in total. The summed E-state index contributed by atoms with van der Waals surface area (Å²) in [6.45, 7) is 10.6. The summed E-state index contributed by atoms with van der Waals surface area (Å²) in [5.74, 6) is -1.90. The molecule has 0 aromatic heterocycles. The van der Waals surface area contributed by atoms with Crippen molar-refractivity contribution in [2.24, 2.45) is 34.0 Å². The highest BCUT2D eigenvalue weighted by molar-refractivity contribution is 6.05. The van der Waals surface area contributed by atoms with Crippen LogP contribution < -0.4 is 0 Å². The zero-order chi connectivity index (χ0) is 19.9. The third-order valence-corrected chi connectivity index (χ3v) is 9.50. The van der Waals surface area contributed by atoms with Gasteiger partial charge in [-0.25, -0.2) is 0 Å². The fraction of sp³-hybridized carbons (Fsp3) is 0.864. The number of aliphatic hydroxyl groups is 2. The smallest absolute Gasteiger partial charge is 0.213 e. The van der Waals surface area contributed by atoms with E-state index in [0.717, 1.165) is 19.3 Å². The summed E-state index contributed by atoms with van der Waals surface area (Å²) in [6.07, 6.45) is 0.513. The topological polar surface area (TPSA) is 85.2 Å². The van der Waals surface area contributed by atoms with Gasteiger partial charge in [-0.1, -0.05) is 20.4 Å². The number of aliphatic hydroxyl groups excluding tert-OH is 2. The quantitative estimate of drug-likeness (QED) is 0.614. The second kappa shape index (κ2) is 4.92. The predicted molar refractivity (Wildman–Crippen MR) is 97.8 cm³/mol. The SMILES string of the molecule is C=C1C(=O)C23C4OC(C)OC25OCC2(C(O)CCC(C)(C)C2C5O)C3CCC14. The largest absolute Gasteiger partial charge is 0.392 e. The van der Waals surface area contributed by atoms with Gasteiger partial charge in [-0.15, -0.1) is 0 Å². The highest BCUT2D eigenvalue weighted by Gasteiger charge is 2.89. The van der Waals surface area contributed by atoms with Gasteiger partial charge in [-0.2, -0.15) is 0 Å². The van der Waals surface area contributed by atoms with E-state index >= 15 is 0 Å². The van der Waals surface area contributed by atoms with Crippen LogP contribution in [0.25, 0.3) is 0 Å². The lowest BCUT2D eigenvalue weighted by Crippen LogP contribution is -2.87. The van der Waals surface area contributed by atoms with Crippen molar-refractivity contribution in [3.05, 3.63) is 12.2 Å². The number of carbonyl (C=O) groups excluding carboxylic acids is 1. The van der Waals surface area contributed by atoms with Crippen molar-refractivity contribution in [3.8, 4) is 0 Å². The fourth-order valence-electron chi connectivity index (χ4n) is 8.72. The molecular formula is C22H30O6. The number of ketones is 1. The Morgan fingerprint density at radius 2 is 1.93 bits per heavy atom. The lowest BCUT2D eigenvalue weighted by atomic mass is 9.35. The van der Waals surface area contributed by atoms with Gasteiger partial charge in [0.05, 0.1) is 18.8 Å². The maximum atomic E-state index is 13.8. The van der Waals surface area contributed by atoms with Gasteiger partial charge >= 0.3 is 0 Å². The number of Topliss-reactive ketones (excluding diaryl/α,β-unsaturated/α-hetero) is 1. The molecule has 7 rings (SSSR count). The molecule has 0 aromatic rings. The van der Waals surface area contributed by atoms with E-state index < -0.39 is 41.2 Å². The molecule has 0 amide bonds. The van der Waals surface area contributed by atoms with Crippen molar-refractivity contribution in [2.75, 3.05) is 6.61 Å². The van der Waals surface area contributed by atoms with E-state index in [1.807, 2.05) is 6.92 Å². The van der Waals surface area contributed by atoms with Crippen molar-refractivity contribution < 1.29 is 29.2 Å². The van der Waals surface area contributed by atoms with E-state index in [-0.39, 0.29) is 29.0 Å². The maximum absolute atomic E-state index is 13.8. The normalized spacial score (nSPS) is 61.1. The molecule has 3 aliphatic heterocycles. The zero-order valence-corrected chi connectivity index (χ0v) is 16.8. The van der Waals surface area contributed by atoms with Gasteiger partial charge < -0.3 is 24.4 Å². The molecule has 4 bridgehead atoms. The first kappa shape index (κ1) is 18.0. The number of ether oxygens (including phenoxy) is 3. The first-order chi connectivity index (χ1) is 13.1. The Bertz CT molecular complexity index is 792. The second-order valence-electron chi connectivity index (χ2n) is 10.7. The minimum atomic E-state index is -1.42. The van der Waals surface area contributed by atoms with E-state index in [9.17, 15) is 15.0 Å². The number of rotatable bonds is 0. The summed E-state index contributed by atoms with van der Waals surface area (Å²) in [6, 6.07) is 0. The monoisotopic (exact) mass is 390 g/mol. The number of hydrogen-bond donors (Lipinski definition) is 2. The molecule has 10 atom stereocenters. The lowest BCUT2D eigenvalue weighted by Gasteiger charge is -2.77. The predicted octanol–water partition coefficient (Wildman–Crippen LogP) is 1.78. The molecule has 7 fully saturated rings. The Morgan fingerprint density at radius 1 is 1.18 bits per heavy atom. The van der Waals surface area contributed by atoms with Gasteiger partial charge in [0.15, 0.2) is 12.1 Å². The highest BCUT2D eigenvalue weighted by Crippen LogP contribution is 2.78. The van der Waals surface area contributed by atoms with Crippen LogP contribution in [-0.4, -0.2) is 53.0 Å². The summed E-state index contributed by atoms with van der Waals surface area (Å²) >= 11 is 0. The molecule has 7 aliphatic rings. The molecule has 4 aliphatic carbocycles. The molecule has 4 saturated carbocycles. The maximum Gasteiger partial charge on any atom is 0.213 e. The number of carbonyl (C=O) groups is 1. The Balaban J connectivity index is 1.67. The van der Waals surface area contributed by atoms with Crippen LogP contribution in [0.2, 0.25) is 0 Å². The molecule has 0 aromatic carbocycles. The highest BCUT2D eigenvalue weighted by atomic mass is 16.8. The van der Waals surface area contributed by atoms with Crippen LogP contribution in [0.15, 0.2) is 12.2 Å².